The molecule has 8 atom stereocenters. The first-order chi connectivity index (χ1) is 21.2. The van der Waals surface area contributed by atoms with Gasteiger partial charge < -0.3 is 34.4 Å². The molecule has 0 aromatic heterocycles. The van der Waals surface area contributed by atoms with Crippen molar-refractivity contribution in [3.8, 4) is 0 Å². The second-order valence-corrected chi connectivity index (χ2v) is 12.2. The number of hydrogen-bond acceptors (Lipinski definition) is 8. The highest BCUT2D eigenvalue weighted by molar-refractivity contribution is 5.99. The van der Waals surface area contributed by atoms with Gasteiger partial charge in [-0.2, -0.15) is 0 Å². The van der Waals surface area contributed by atoms with Crippen LogP contribution < -0.4 is 5.32 Å². The van der Waals surface area contributed by atoms with Gasteiger partial charge in [0.2, 0.25) is 17.7 Å². The first kappa shape index (κ1) is 31.9. The Kier molecular flexibility index (Phi) is 9.57. The van der Waals surface area contributed by atoms with E-state index in [1.54, 1.807) is 29.2 Å². The second kappa shape index (κ2) is 13.2. The monoisotopic (exact) mass is 609 g/mol. The minimum atomic E-state index is -1.39. The number of rotatable bonds is 7. The van der Waals surface area contributed by atoms with Gasteiger partial charge in [-0.25, -0.2) is 0 Å². The SMILES string of the molecule is CC[C@@H](CO)N1C(=O)[C@@H]2[C@H]3C(=O)O[C@@H](c4ccccc4)[C@H](COC)NC(=O)CC/C=C\CN(C(C)C)C(=O)[C@@H]1[C@]21C=C[C@H]3O1. The molecule has 0 unspecified atom stereocenters. The topological polar surface area (TPSA) is 135 Å². The van der Waals surface area contributed by atoms with Gasteiger partial charge in [0.25, 0.3) is 0 Å². The van der Waals surface area contributed by atoms with Gasteiger partial charge in [-0.05, 0) is 32.3 Å². The summed E-state index contributed by atoms with van der Waals surface area (Å²) in [5, 5.41) is 13.3. The summed E-state index contributed by atoms with van der Waals surface area (Å²) in [6, 6.07) is 6.45. The van der Waals surface area contributed by atoms with Crippen LogP contribution in [0.5, 0.6) is 0 Å². The summed E-state index contributed by atoms with van der Waals surface area (Å²) >= 11 is 0. The van der Waals surface area contributed by atoms with E-state index in [0.29, 0.717) is 18.4 Å². The van der Waals surface area contributed by atoms with E-state index in [4.69, 9.17) is 14.2 Å². The molecule has 1 spiro atoms. The molecule has 0 radical (unpaired) electrons. The Morgan fingerprint density at radius 1 is 1.11 bits per heavy atom. The lowest BCUT2D eigenvalue weighted by atomic mass is 9.74. The largest absolute Gasteiger partial charge is 0.455 e. The maximum atomic E-state index is 14.4. The Balaban J connectivity index is 1.62. The number of ether oxygens (including phenoxy) is 3. The molecule has 2 fully saturated rings. The molecule has 3 amide bonds. The van der Waals surface area contributed by atoms with Crippen LogP contribution in [-0.2, 0) is 33.4 Å². The molecule has 5 rings (SSSR count). The van der Waals surface area contributed by atoms with Gasteiger partial charge >= 0.3 is 5.97 Å². The van der Waals surface area contributed by atoms with Gasteiger partial charge in [0.05, 0.1) is 37.3 Å². The van der Waals surface area contributed by atoms with Crippen LogP contribution in [-0.4, -0.2) is 101 Å². The van der Waals surface area contributed by atoms with Gasteiger partial charge in [0.15, 0.2) is 0 Å². The fourth-order valence-corrected chi connectivity index (χ4v) is 7.09. The Morgan fingerprint density at radius 2 is 1.86 bits per heavy atom. The summed E-state index contributed by atoms with van der Waals surface area (Å²) in [5.41, 5.74) is -0.736. The van der Waals surface area contributed by atoms with Crippen molar-refractivity contribution in [3.05, 3.63) is 60.2 Å². The Morgan fingerprint density at radius 3 is 2.52 bits per heavy atom. The van der Waals surface area contributed by atoms with Crippen molar-refractivity contribution in [1.82, 2.24) is 15.1 Å². The molecular formula is C33H43N3O8. The number of methoxy groups -OCH3 is 1. The van der Waals surface area contributed by atoms with Crippen LogP contribution in [0.1, 0.15) is 51.7 Å². The third kappa shape index (κ3) is 5.57. The standard InChI is InChI=1S/C33H43N3O8/c1-5-22(18-37)36-29-31(40)35(20(2)3)17-11-7-10-14-25(38)34-23(19-42-4)28(21-12-8-6-9-13-21)43-32(41)26-24-15-16-33(29,44-24)27(26)30(36)39/h6-9,11-13,15-16,20,22-24,26-29,37H,5,10,14,17-19H2,1-4H3,(H,34,38)/b11-7-/t22-,23-,24+,26-,27-,28-,29+,33-/m0/s1. The Labute approximate surface area is 258 Å². The lowest BCUT2D eigenvalue weighted by Crippen LogP contribution is -2.59. The van der Waals surface area contributed by atoms with Crippen molar-refractivity contribution in [1.29, 1.82) is 0 Å². The van der Waals surface area contributed by atoms with Crippen LogP contribution in [0.4, 0.5) is 0 Å². The molecule has 11 nitrogen and oxygen atoms in total. The summed E-state index contributed by atoms with van der Waals surface area (Å²) in [7, 11) is 1.51. The van der Waals surface area contributed by atoms with Crippen LogP contribution in [0, 0.1) is 11.8 Å². The van der Waals surface area contributed by atoms with Crippen molar-refractivity contribution in [2.75, 3.05) is 26.9 Å². The molecule has 2 N–H and O–H groups in total. The van der Waals surface area contributed by atoms with Crippen LogP contribution in [0.25, 0.3) is 0 Å². The first-order valence-corrected chi connectivity index (χ1v) is 15.5. The number of hydrogen-bond donors (Lipinski definition) is 2. The van der Waals surface area contributed by atoms with E-state index in [1.165, 1.54) is 12.0 Å². The van der Waals surface area contributed by atoms with Gasteiger partial charge in [0.1, 0.15) is 23.7 Å². The average molecular weight is 610 g/mol. The highest BCUT2D eigenvalue weighted by Gasteiger charge is 2.74. The molecule has 11 heteroatoms. The third-order valence-electron chi connectivity index (χ3n) is 9.24. The lowest BCUT2D eigenvalue weighted by molar-refractivity contribution is -0.163. The van der Waals surface area contributed by atoms with Crippen LogP contribution in [0.2, 0.25) is 0 Å². The van der Waals surface area contributed by atoms with E-state index in [2.05, 4.69) is 5.32 Å². The number of fused-ring (bicyclic) bond motifs is 2. The summed E-state index contributed by atoms with van der Waals surface area (Å²) < 4.78 is 18.1. The number of benzene rings is 1. The molecule has 1 aromatic rings. The Bertz CT molecular complexity index is 1290. The molecule has 2 saturated heterocycles. The molecule has 0 aliphatic carbocycles. The van der Waals surface area contributed by atoms with Crippen LogP contribution in [0.3, 0.4) is 0 Å². The first-order valence-electron chi connectivity index (χ1n) is 15.5. The van der Waals surface area contributed by atoms with E-state index in [0.717, 1.165) is 0 Å². The number of amides is 3. The number of nitrogens with zero attached hydrogens (tertiary/aromatic N) is 2. The van der Waals surface area contributed by atoms with Crippen molar-refractivity contribution in [2.24, 2.45) is 11.8 Å². The predicted molar refractivity (Wildman–Crippen MR) is 160 cm³/mol. The molecule has 4 heterocycles. The summed E-state index contributed by atoms with van der Waals surface area (Å²) in [6.07, 6.45) is 6.53. The van der Waals surface area contributed by atoms with Gasteiger partial charge in [0, 0.05) is 26.1 Å². The number of aliphatic hydroxyl groups excluding tert-OH is 1. The molecule has 44 heavy (non-hydrogen) atoms. The summed E-state index contributed by atoms with van der Waals surface area (Å²) in [4.78, 5) is 59.1. The van der Waals surface area contributed by atoms with Crippen LogP contribution >= 0.6 is 0 Å². The van der Waals surface area contributed by atoms with Crippen LogP contribution in [0.15, 0.2) is 54.6 Å². The van der Waals surface area contributed by atoms with Crippen molar-refractivity contribution in [3.63, 3.8) is 0 Å². The minimum Gasteiger partial charge on any atom is -0.455 e. The predicted octanol–water partition coefficient (Wildman–Crippen LogP) is 1.91. The number of aliphatic hydroxyl groups is 1. The number of carbonyl (C=O) groups is 4. The van der Waals surface area contributed by atoms with E-state index < -0.39 is 59.6 Å². The normalized spacial score (nSPS) is 33.9. The zero-order valence-electron chi connectivity index (χ0n) is 25.8. The summed E-state index contributed by atoms with van der Waals surface area (Å²) in [5.74, 6) is -3.70. The van der Waals surface area contributed by atoms with Gasteiger partial charge in [-0.15, -0.1) is 0 Å². The number of nitrogens with one attached hydrogen (secondary N) is 1. The zero-order valence-corrected chi connectivity index (χ0v) is 25.8. The molecule has 5 bridgehead atoms. The lowest BCUT2D eigenvalue weighted by Gasteiger charge is -2.39. The van der Waals surface area contributed by atoms with E-state index in [-0.39, 0.29) is 44.0 Å². The third-order valence-corrected chi connectivity index (χ3v) is 9.24. The quantitative estimate of drug-likeness (QED) is 0.354. The maximum Gasteiger partial charge on any atom is 0.313 e. The minimum absolute atomic E-state index is 0.0770. The number of carbonyl (C=O) groups excluding carboxylic acids is 4. The second-order valence-electron chi connectivity index (χ2n) is 12.2. The summed E-state index contributed by atoms with van der Waals surface area (Å²) in [6.45, 7) is 5.63. The zero-order chi connectivity index (χ0) is 31.6. The van der Waals surface area contributed by atoms with Gasteiger partial charge in [-0.1, -0.05) is 61.6 Å². The van der Waals surface area contributed by atoms with E-state index in [9.17, 15) is 24.3 Å². The van der Waals surface area contributed by atoms with Crippen molar-refractivity contribution in [2.45, 2.75) is 82.0 Å². The fourth-order valence-electron chi connectivity index (χ4n) is 7.09. The molecule has 238 valence electrons. The highest BCUT2D eigenvalue weighted by atomic mass is 16.6. The molecule has 0 saturated carbocycles. The Hall–Kier alpha value is -3.54. The number of likely N-dealkylation sites (tertiary alicyclic amines) is 1. The molecule has 4 aliphatic rings. The smallest absolute Gasteiger partial charge is 0.313 e. The van der Waals surface area contributed by atoms with E-state index in [1.807, 2.05) is 51.1 Å². The van der Waals surface area contributed by atoms with Crippen molar-refractivity contribution >= 4 is 23.7 Å². The van der Waals surface area contributed by atoms with Gasteiger partial charge in [-0.3, -0.25) is 19.2 Å². The van der Waals surface area contributed by atoms with Crippen molar-refractivity contribution < 1.29 is 38.5 Å². The molecular weight excluding hydrogens is 566 g/mol. The number of cyclic esters (lactones) is 1. The molecule has 4 aliphatic heterocycles. The fraction of sp³-hybridized carbons (Fsp3) is 0.576. The van der Waals surface area contributed by atoms with E-state index >= 15 is 0 Å². The maximum absolute atomic E-state index is 14.4. The average Bonchev–Trinajstić information content (AvgIpc) is 3.65. The number of allylic oxidation sites excluding steroid dienone is 1. The highest BCUT2D eigenvalue weighted by Crippen LogP contribution is 2.56. The number of esters is 1. The molecule has 1 aromatic carbocycles.